The molecule has 2 aromatic carbocycles. The Morgan fingerprint density at radius 3 is 2.14 bits per heavy atom. The van der Waals surface area contributed by atoms with Crippen molar-refractivity contribution in [2.75, 3.05) is 5.32 Å². The van der Waals surface area contributed by atoms with Crippen LogP contribution in [0.1, 0.15) is 0 Å². The summed E-state index contributed by atoms with van der Waals surface area (Å²) in [6.45, 7) is 0. The topological polar surface area (TPSA) is 64.4 Å². The molecule has 0 spiro atoms. The Kier molecular flexibility index (Phi) is 5.06. The van der Waals surface area contributed by atoms with Crippen molar-refractivity contribution in [2.24, 2.45) is 5.73 Å². The fourth-order valence-corrected chi connectivity index (χ4v) is 2.30. The third-order valence-corrected chi connectivity index (χ3v) is 3.71. The van der Waals surface area contributed by atoms with Crippen LogP contribution in [0.3, 0.4) is 0 Å². The standard InChI is InChI=1S/C13H8Cl4N2O2/c14-7-4-10(17)12(5-8(7)15)21-11-2-1-6(3-9(11)16)19-13(18)20/h1-5H,(H3,18,19,20). The zero-order chi connectivity index (χ0) is 15.6. The van der Waals surface area contributed by atoms with Crippen LogP contribution in [0, 0.1) is 0 Å². The molecule has 0 atom stereocenters. The van der Waals surface area contributed by atoms with Crippen molar-refractivity contribution in [1.29, 1.82) is 0 Å². The summed E-state index contributed by atoms with van der Waals surface area (Å²) < 4.78 is 5.58. The monoisotopic (exact) mass is 364 g/mol. The van der Waals surface area contributed by atoms with Gasteiger partial charge in [-0.2, -0.15) is 0 Å². The number of ether oxygens (including phenoxy) is 1. The molecule has 0 aliphatic carbocycles. The molecular formula is C13H8Cl4N2O2. The zero-order valence-corrected chi connectivity index (χ0v) is 13.3. The van der Waals surface area contributed by atoms with Crippen molar-refractivity contribution < 1.29 is 9.53 Å². The third-order valence-electron chi connectivity index (χ3n) is 2.39. The fraction of sp³-hybridized carbons (Fsp3) is 0. The van der Waals surface area contributed by atoms with Gasteiger partial charge in [0.2, 0.25) is 0 Å². The van der Waals surface area contributed by atoms with E-state index in [2.05, 4.69) is 5.32 Å². The number of carbonyl (C=O) groups excluding carboxylic acids is 1. The molecule has 0 aliphatic heterocycles. The number of primary amides is 1. The number of benzene rings is 2. The molecule has 0 aromatic heterocycles. The predicted octanol–water partition coefficient (Wildman–Crippen LogP) is 5.58. The number of hydrogen-bond donors (Lipinski definition) is 2. The largest absolute Gasteiger partial charge is 0.454 e. The van der Waals surface area contributed by atoms with E-state index in [1.165, 1.54) is 18.2 Å². The van der Waals surface area contributed by atoms with E-state index >= 15 is 0 Å². The number of carbonyl (C=O) groups is 1. The quantitative estimate of drug-likeness (QED) is 0.697. The SMILES string of the molecule is NC(=O)Nc1ccc(Oc2cc(Cl)c(Cl)cc2Cl)c(Cl)c1. The van der Waals surface area contributed by atoms with Gasteiger partial charge >= 0.3 is 6.03 Å². The molecule has 0 heterocycles. The van der Waals surface area contributed by atoms with Gasteiger partial charge in [0.05, 0.1) is 20.1 Å². The summed E-state index contributed by atoms with van der Waals surface area (Å²) in [5, 5.41) is 3.58. The predicted molar refractivity (Wildman–Crippen MR) is 86.2 cm³/mol. The first-order chi connectivity index (χ1) is 9.86. The minimum absolute atomic E-state index is 0.267. The Bertz CT molecular complexity index is 707. The Hall–Kier alpha value is -1.33. The highest BCUT2D eigenvalue weighted by atomic mass is 35.5. The number of halogens is 4. The van der Waals surface area contributed by atoms with Gasteiger partial charge in [-0.1, -0.05) is 46.4 Å². The number of rotatable bonds is 3. The second-order valence-electron chi connectivity index (χ2n) is 3.93. The summed E-state index contributed by atoms with van der Waals surface area (Å²) in [7, 11) is 0. The summed E-state index contributed by atoms with van der Waals surface area (Å²) >= 11 is 23.8. The molecule has 2 amide bonds. The van der Waals surface area contributed by atoms with Crippen LogP contribution in [0.5, 0.6) is 11.5 Å². The summed E-state index contributed by atoms with van der Waals surface area (Å²) in [6.07, 6.45) is 0. The Labute approximate surface area is 140 Å². The lowest BCUT2D eigenvalue weighted by Crippen LogP contribution is -2.19. The van der Waals surface area contributed by atoms with Gasteiger partial charge in [-0.3, -0.25) is 0 Å². The Morgan fingerprint density at radius 2 is 1.52 bits per heavy atom. The highest BCUT2D eigenvalue weighted by Crippen LogP contribution is 2.38. The maximum absolute atomic E-state index is 10.8. The van der Waals surface area contributed by atoms with Crippen LogP contribution in [-0.2, 0) is 0 Å². The summed E-state index contributed by atoms with van der Waals surface area (Å²) in [5.41, 5.74) is 5.46. The van der Waals surface area contributed by atoms with Crippen molar-refractivity contribution in [3.63, 3.8) is 0 Å². The highest BCUT2D eigenvalue weighted by molar-refractivity contribution is 6.43. The van der Waals surface area contributed by atoms with Crippen LogP contribution in [0.15, 0.2) is 30.3 Å². The number of nitrogens with two attached hydrogens (primary N) is 1. The molecule has 8 heteroatoms. The van der Waals surface area contributed by atoms with Crippen LogP contribution >= 0.6 is 46.4 Å². The molecule has 0 radical (unpaired) electrons. The van der Waals surface area contributed by atoms with Gasteiger partial charge < -0.3 is 15.8 Å². The van der Waals surface area contributed by atoms with Gasteiger partial charge in [0.1, 0.15) is 11.5 Å². The number of nitrogens with one attached hydrogen (secondary N) is 1. The van der Waals surface area contributed by atoms with Crippen molar-refractivity contribution in [1.82, 2.24) is 0 Å². The van der Waals surface area contributed by atoms with Gasteiger partial charge in [0, 0.05) is 11.8 Å². The molecule has 2 rings (SSSR count). The first-order valence-corrected chi connectivity index (χ1v) is 7.06. The van der Waals surface area contributed by atoms with Crippen LogP contribution in [0.4, 0.5) is 10.5 Å². The van der Waals surface area contributed by atoms with Gasteiger partial charge in [0.15, 0.2) is 0 Å². The fourth-order valence-electron chi connectivity index (χ4n) is 1.50. The number of amides is 2. The molecule has 0 unspecified atom stereocenters. The van der Waals surface area contributed by atoms with E-state index in [1.807, 2.05) is 0 Å². The van der Waals surface area contributed by atoms with Gasteiger partial charge in [0.25, 0.3) is 0 Å². The van der Waals surface area contributed by atoms with E-state index in [4.69, 9.17) is 56.9 Å². The lowest BCUT2D eigenvalue weighted by molar-refractivity contribution is 0.259. The average Bonchev–Trinajstić information content (AvgIpc) is 2.38. The van der Waals surface area contributed by atoms with Gasteiger partial charge in [-0.25, -0.2) is 4.79 Å². The van der Waals surface area contributed by atoms with Crippen LogP contribution in [0.25, 0.3) is 0 Å². The molecule has 110 valence electrons. The maximum Gasteiger partial charge on any atom is 0.316 e. The van der Waals surface area contributed by atoms with Crippen LogP contribution < -0.4 is 15.8 Å². The number of anilines is 1. The molecule has 0 saturated carbocycles. The molecule has 0 saturated heterocycles. The van der Waals surface area contributed by atoms with Crippen molar-refractivity contribution in [2.45, 2.75) is 0 Å². The lowest BCUT2D eigenvalue weighted by atomic mass is 10.3. The molecule has 0 fully saturated rings. The smallest absolute Gasteiger partial charge is 0.316 e. The molecule has 2 aromatic rings. The minimum Gasteiger partial charge on any atom is -0.454 e. The Balaban J connectivity index is 2.28. The third kappa shape index (κ3) is 4.08. The average molecular weight is 366 g/mol. The molecular weight excluding hydrogens is 358 g/mol. The van der Waals surface area contributed by atoms with Crippen LogP contribution in [-0.4, -0.2) is 6.03 Å². The first-order valence-electron chi connectivity index (χ1n) is 5.55. The van der Waals surface area contributed by atoms with Crippen LogP contribution in [0.2, 0.25) is 20.1 Å². The van der Waals surface area contributed by atoms with Gasteiger partial charge in [-0.15, -0.1) is 0 Å². The van der Waals surface area contributed by atoms with E-state index in [9.17, 15) is 4.79 Å². The normalized spacial score (nSPS) is 10.3. The van der Waals surface area contributed by atoms with Crippen molar-refractivity contribution >= 4 is 58.1 Å². The molecule has 4 nitrogen and oxygen atoms in total. The van der Waals surface area contributed by atoms with E-state index in [0.717, 1.165) is 0 Å². The van der Waals surface area contributed by atoms with Crippen molar-refractivity contribution in [3.8, 4) is 11.5 Å². The maximum atomic E-state index is 10.8. The number of hydrogen-bond acceptors (Lipinski definition) is 2. The molecule has 3 N–H and O–H groups in total. The second kappa shape index (κ2) is 6.62. The summed E-state index contributed by atoms with van der Waals surface area (Å²) in [5.74, 6) is 0.649. The van der Waals surface area contributed by atoms with E-state index in [-0.39, 0.29) is 5.02 Å². The molecule has 21 heavy (non-hydrogen) atoms. The highest BCUT2D eigenvalue weighted by Gasteiger charge is 2.11. The number of urea groups is 1. The summed E-state index contributed by atoms with van der Waals surface area (Å²) in [4.78, 5) is 10.8. The lowest BCUT2D eigenvalue weighted by Gasteiger charge is -2.11. The van der Waals surface area contributed by atoms with E-state index in [0.29, 0.717) is 32.3 Å². The first kappa shape index (κ1) is 16.0. The minimum atomic E-state index is -0.688. The van der Waals surface area contributed by atoms with Gasteiger partial charge in [-0.05, 0) is 24.3 Å². The second-order valence-corrected chi connectivity index (χ2v) is 5.56. The summed E-state index contributed by atoms with van der Waals surface area (Å²) in [6, 6.07) is 6.90. The van der Waals surface area contributed by atoms with E-state index < -0.39 is 6.03 Å². The molecule has 0 aliphatic rings. The van der Waals surface area contributed by atoms with E-state index in [1.54, 1.807) is 12.1 Å². The Morgan fingerprint density at radius 1 is 0.905 bits per heavy atom. The zero-order valence-electron chi connectivity index (χ0n) is 10.3. The van der Waals surface area contributed by atoms with Crippen molar-refractivity contribution in [3.05, 3.63) is 50.4 Å². The molecule has 0 bridgehead atoms.